The summed E-state index contributed by atoms with van der Waals surface area (Å²) in [6.07, 6.45) is 2.03. The van der Waals surface area contributed by atoms with E-state index in [1.807, 2.05) is 19.1 Å². The third-order valence-electron chi connectivity index (χ3n) is 7.92. The molecule has 4 rings (SSSR count). The van der Waals surface area contributed by atoms with Crippen LogP contribution in [0.2, 0.25) is 5.02 Å². The summed E-state index contributed by atoms with van der Waals surface area (Å²) in [5.74, 6) is -0.537. The summed E-state index contributed by atoms with van der Waals surface area (Å²) < 4.78 is 0.881. The largest absolute Gasteiger partial charge is 0.365 e. The Balaban J connectivity index is 1.59. The van der Waals surface area contributed by atoms with E-state index in [-0.39, 0.29) is 16.7 Å². The van der Waals surface area contributed by atoms with Crippen molar-refractivity contribution in [2.24, 2.45) is 21.4 Å². The predicted molar refractivity (Wildman–Crippen MR) is 130 cm³/mol. The molecule has 2 aliphatic rings. The standard InChI is InChI=1S/C25H26BrClN2O3/c1-15-13-18(27)9-10-19(15)28-22(31)25-12-11-24(4,23(25,2)3)20(14-25)29-32-21(30)16-5-7-17(26)8-6-16/h5-10,13H,11-12,14H2,1-4H3,(H,28,31)/b29-20-. The normalized spacial score (nSPS) is 26.9. The van der Waals surface area contributed by atoms with Crippen LogP contribution >= 0.6 is 27.5 Å². The summed E-state index contributed by atoms with van der Waals surface area (Å²) in [6.45, 7) is 8.28. The number of carbonyl (C=O) groups is 2. The van der Waals surface area contributed by atoms with Gasteiger partial charge in [-0.2, -0.15) is 0 Å². The Morgan fingerprint density at radius 3 is 2.44 bits per heavy atom. The molecule has 1 N–H and O–H groups in total. The van der Waals surface area contributed by atoms with Crippen molar-refractivity contribution in [3.8, 4) is 0 Å². The van der Waals surface area contributed by atoms with Gasteiger partial charge in [-0.3, -0.25) is 4.79 Å². The summed E-state index contributed by atoms with van der Waals surface area (Å²) in [6, 6.07) is 12.4. The van der Waals surface area contributed by atoms with E-state index in [2.05, 4.69) is 47.2 Å². The van der Waals surface area contributed by atoms with Gasteiger partial charge in [-0.1, -0.05) is 53.5 Å². The number of hydrogen-bond donors (Lipinski definition) is 1. The van der Waals surface area contributed by atoms with Crippen LogP contribution in [0.1, 0.15) is 56.0 Å². The fourth-order valence-corrected chi connectivity index (χ4v) is 5.76. The Hall–Kier alpha value is -2.18. The molecular weight excluding hydrogens is 492 g/mol. The van der Waals surface area contributed by atoms with E-state index in [1.165, 1.54) is 0 Å². The van der Waals surface area contributed by atoms with Gasteiger partial charge in [0.15, 0.2) is 0 Å². The highest BCUT2D eigenvalue weighted by molar-refractivity contribution is 9.10. The lowest BCUT2D eigenvalue weighted by molar-refractivity contribution is -0.130. The number of halogens is 2. The van der Waals surface area contributed by atoms with Crippen LogP contribution in [0.4, 0.5) is 5.69 Å². The highest BCUT2D eigenvalue weighted by atomic mass is 79.9. The number of rotatable bonds is 4. The third kappa shape index (κ3) is 3.48. The van der Waals surface area contributed by atoms with Crippen molar-refractivity contribution < 1.29 is 14.4 Å². The van der Waals surface area contributed by atoms with Crippen LogP contribution in [0.5, 0.6) is 0 Å². The number of fused-ring (bicyclic) bond motifs is 2. The van der Waals surface area contributed by atoms with Gasteiger partial charge in [-0.25, -0.2) is 4.79 Å². The molecule has 0 aliphatic heterocycles. The highest BCUT2D eigenvalue weighted by Gasteiger charge is 2.71. The van der Waals surface area contributed by atoms with Crippen molar-refractivity contribution in [1.82, 2.24) is 0 Å². The molecule has 2 aromatic rings. The molecule has 0 radical (unpaired) electrons. The smallest absolute Gasteiger partial charge is 0.325 e. The molecule has 2 atom stereocenters. The lowest BCUT2D eigenvalue weighted by Gasteiger charge is -2.39. The van der Waals surface area contributed by atoms with Crippen LogP contribution in [0.15, 0.2) is 52.1 Å². The zero-order valence-corrected chi connectivity index (χ0v) is 20.9. The van der Waals surface area contributed by atoms with Crippen LogP contribution in [-0.2, 0) is 9.63 Å². The molecule has 0 saturated heterocycles. The molecule has 2 unspecified atom stereocenters. The first-order chi connectivity index (χ1) is 15.0. The SMILES string of the molecule is Cc1cc(Cl)ccc1NC(=O)C12CCC(C)(/C(=N\OC(=O)c3ccc(Br)cc3)C1)C2(C)C. The van der Waals surface area contributed by atoms with E-state index in [9.17, 15) is 9.59 Å². The first-order valence-electron chi connectivity index (χ1n) is 10.6. The summed E-state index contributed by atoms with van der Waals surface area (Å²) in [5, 5.41) is 8.05. The molecule has 7 heteroatoms. The van der Waals surface area contributed by atoms with E-state index >= 15 is 0 Å². The summed E-state index contributed by atoms with van der Waals surface area (Å²) >= 11 is 9.42. The van der Waals surface area contributed by atoms with Gasteiger partial charge in [0.1, 0.15) is 0 Å². The number of aryl methyl sites for hydroxylation is 1. The number of anilines is 1. The van der Waals surface area contributed by atoms with E-state index in [0.29, 0.717) is 17.0 Å². The molecule has 0 spiro atoms. The molecule has 2 bridgehead atoms. The second kappa shape index (κ2) is 7.99. The Bertz CT molecular complexity index is 1130. The minimum atomic E-state index is -0.628. The quantitative estimate of drug-likeness (QED) is 0.359. The zero-order valence-electron chi connectivity index (χ0n) is 18.6. The van der Waals surface area contributed by atoms with Gasteiger partial charge in [0.05, 0.1) is 16.7 Å². The molecule has 2 saturated carbocycles. The average Bonchev–Trinajstić information content (AvgIpc) is 3.05. The summed E-state index contributed by atoms with van der Waals surface area (Å²) in [5.41, 5.74) is 1.54. The van der Waals surface area contributed by atoms with Crippen LogP contribution in [-0.4, -0.2) is 17.6 Å². The van der Waals surface area contributed by atoms with Gasteiger partial charge in [0.25, 0.3) is 0 Å². The molecule has 2 aromatic carbocycles. The van der Waals surface area contributed by atoms with Crippen molar-refractivity contribution in [2.45, 2.75) is 47.0 Å². The van der Waals surface area contributed by atoms with Gasteiger partial charge in [-0.15, -0.1) is 0 Å². The zero-order chi connectivity index (χ0) is 23.3. The van der Waals surface area contributed by atoms with Crippen LogP contribution < -0.4 is 5.32 Å². The number of carbonyl (C=O) groups excluding carboxylic acids is 2. The maximum atomic E-state index is 13.6. The number of nitrogens with zero attached hydrogens (tertiary/aromatic N) is 1. The lowest BCUT2D eigenvalue weighted by atomic mass is 9.64. The Morgan fingerprint density at radius 1 is 1.09 bits per heavy atom. The summed E-state index contributed by atoms with van der Waals surface area (Å²) in [7, 11) is 0. The Labute approximate surface area is 201 Å². The van der Waals surface area contributed by atoms with E-state index in [1.54, 1.807) is 30.3 Å². The second-order valence-electron chi connectivity index (χ2n) is 9.55. The Morgan fingerprint density at radius 2 is 1.78 bits per heavy atom. The molecule has 2 aliphatic carbocycles. The topological polar surface area (TPSA) is 67.8 Å². The molecule has 32 heavy (non-hydrogen) atoms. The van der Waals surface area contributed by atoms with E-state index in [0.717, 1.165) is 34.3 Å². The molecule has 1 amide bonds. The highest BCUT2D eigenvalue weighted by Crippen LogP contribution is 2.71. The molecule has 168 valence electrons. The van der Waals surface area contributed by atoms with Gasteiger partial charge in [0, 0.05) is 27.0 Å². The van der Waals surface area contributed by atoms with E-state index < -0.39 is 11.4 Å². The summed E-state index contributed by atoms with van der Waals surface area (Å²) in [4.78, 5) is 31.4. The lowest BCUT2D eigenvalue weighted by Crippen LogP contribution is -2.43. The van der Waals surface area contributed by atoms with Crippen molar-refractivity contribution in [3.05, 3.63) is 63.1 Å². The molecule has 5 nitrogen and oxygen atoms in total. The minimum absolute atomic E-state index is 0.0268. The number of hydrogen-bond acceptors (Lipinski definition) is 4. The minimum Gasteiger partial charge on any atom is -0.325 e. The van der Waals surface area contributed by atoms with Crippen LogP contribution in [0.3, 0.4) is 0 Å². The van der Waals surface area contributed by atoms with Crippen molar-refractivity contribution in [1.29, 1.82) is 0 Å². The maximum absolute atomic E-state index is 13.6. The molecule has 2 fully saturated rings. The first-order valence-corrected chi connectivity index (χ1v) is 11.8. The number of oxime groups is 1. The maximum Gasteiger partial charge on any atom is 0.365 e. The van der Waals surface area contributed by atoms with Gasteiger partial charge >= 0.3 is 5.97 Å². The Kier molecular flexibility index (Phi) is 5.74. The number of benzene rings is 2. The fourth-order valence-electron chi connectivity index (χ4n) is 5.27. The number of nitrogens with one attached hydrogen (secondary N) is 1. The van der Waals surface area contributed by atoms with Crippen molar-refractivity contribution in [2.75, 3.05) is 5.32 Å². The van der Waals surface area contributed by atoms with Crippen LogP contribution in [0.25, 0.3) is 0 Å². The van der Waals surface area contributed by atoms with Gasteiger partial charge in [-0.05, 0) is 73.2 Å². The van der Waals surface area contributed by atoms with Crippen molar-refractivity contribution >= 4 is 50.8 Å². The van der Waals surface area contributed by atoms with Crippen LogP contribution in [0, 0.1) is 23.2 Å². The van der Waals surface area contributed by atoms with Crippen molar-refractivity contribution in [3.63, 3.8) is 0 Å². The number of amides is 1. The van der Waals surface area contributed by atoms with Gasteiger partial charge < -0.3 is 10.2 Å². The predicted octanol–water partition coefficient (Wildman–Crippen LogP) is 6.78. The molecule has 0 heterocycles. The molecular formula is C25H26BrClN2O3. The fraction of sp³-hybridized carbons (Fsp3) is 0.400. The van der Waals surface area contributed by atoms with Gasteiger partial charge in [0.2, 0.25) is 5.91 Å². The second-order valence-corrected chi connectivity index (χ2v) is 10.9. The van der Waals surface area contributed by atoms with E-state index in [4.69, 9.17) is 16.4 Å². The monoisotopic (exact) mass is 516 g/mol. The molecule has 0 aromatic heterocycles. The third-order valence-corrected chi connectivity index (χ3v) is 8.69. The first kappa shape index (κ1) is 23.0. The average molecular weight is 518 g/mol.